The van der Waals surface area contributed by atoms with Crippen molar-refractivity contribution in [2.75, 3.05) is 21.3 Å². The maximum absolute atomic E-state index is 5.51. The van der Waals surface area contributed by atoms with Gasteiger partial charge in [0, 0.05) is 17.1 Å². The fourth-order valence-corrected chi connectivity index (χ4v) is 2.80. The van der Waals surface area contributed by atoms with Crippen LogP contribution < -0.4 is 14.2 Å². The first kappa shape index (κ1) is 31.1. The quantitative estimate of drug-likeness (QED) is 0.571. The molecule has 0 spiro atoms. The zero-order valence-electron chi connectivity index (χ0n) is 16.6. The number of para-hydroxylation sites is 1. The van der Waals surface area contributed by atoms with Crippen LogP contribution in [-0.4, -0.2) is 48.2 Å². The summed E-state index contributed by atoms with van der Waals surface area (Å²) in [5, 5.41) is 1.04. The van der Waals surface area contributed by atoms with Crippen molar-refractivity contribution in [3.8, 4) is 17.2 Å². The Balaban J connectivity index is -0.00000135. The van der Waals surface area contributed by atoms with E-state index >= 15 is 0 Å². The first-order valence-electron chi connectivity index (χ1n) is 7.88. The minimum Gasteiger partial charge on any atom is -0.496 e. The number of pyridine rings is 1. The number of hydrogen-bond acceptors (Lipinski definition) is 4. The molecule has 3 rings (SSSR count). The summed E-state index contributed by atoms with van der Waals surface area (Å²) >= 11 is 0. The summed E-state index contributed by atoms with van der Waals surface area (Å²) in [6.45, 7) is 0. The maximum Gasteiger partial charge on any atom is 0.160 e. The van der Waals surface area contributed by atoms with Crippen molar-refractivity contribution in [3.05, 3.63) is 59.8 Å². The number of hydrogen-bond donors (Lipinski definition) is 0. The van der Waals surface area contributed by atoms with Crippen molar-refractivity contribution in [1.82, 2.24) is 4.98 Å². The largest absolute Gasteiger partial charge is 0.496 e. The highest BCUT2D eigenvalue weighted by Crippen LogP contribution is 2.29. The highest BCUT2D eigenvalue weighted by molar-refractivity contribution is 5.85. The second-order valence-electron chi connectivity index (χ2n) is 5.52. The van der Waals surface area contributed by atoms with E-state index in [0.29, 0.717) is 0 Å². The summed E-state index contributed by atoms with van der Waals surface area (Å²) in [5.41, 5.74) is 3.15. The van der Waals surface area contributed by atoms with Crippen molar-refractivity contribution in [1.29, 1.82) is 0 Å². The highest BCUT2D eigenvalue weighted by Gasteiger charge is 2.08. The predicted molar refractivity (Wildman–Crippen MR) is 117 cm³/mol. The third-order valence-electron chi connectivity index (χ3n) is 4.07. The van der Waals surface area contributed by atoms with Gasteiger partial charge in [-0.25, -0.2) is 0 Å². The molecule has 0 radical (unpaired) electrons. The van der Waals surface area contributed by atoms with Crippen molar-refractivity contribution < 1.29 is 36.1 Å². The third-order valence-corrected chi connectivity index (χ3v) is 4.07. The monoisotopic (exact) mass is 431 g/mol. The Morgan fingerprint density at radius 2 is 1.31 bits per heavy atom. The molecule has 0 bridgehead atoms. The zero-order valence-corrected chi connectivity index (χ0v) is 17.4. The Morgan fingerprint density at radius 3 is 1.93 bits per heavy atom. The summed E-state index contributed by atoms with van der Waals surface area (Å²) in [5.74, 6) is 2.36. The van der Waals surface area contributed by atoms with Crippen LogP contribution in [0, 0.1) is 0 Å². The van der Waals surface area contributed by atoms with Gasteiger partial charge in [-0.1, -0.05) is 18.2 Å². The number of benzene rings is 2. The molecule has 8 N–H and O–H groups in total. The number of aromatic nitrogens is 1. The summed E-state index contributed by atoms with van der Waals surface area (Å²) in [4.78, 5) is 4.74. The molecule has 8 nitrogen and oxygen atoms in total. The minimum absolute atomic E-state index is 0. The maximum atomic E-state index is 5.51. The van der Waals surface area contributed by atoms with Gasteiger partial charge in [0.15, 0.2) is 11.5 Å². The second kappa shape index (κ2) is 14.4. The summed E-state index contributed by atoms with van der Waals surface area (Å²) in [6, 6.07) is 16.0. The van der Waals surface area contributed by atoms with E-state index in [0.717, 1.165) is 46.7 Å². The van der Waals surface area contributed by atoms with Crippen molar-refractivity contribution in [2.24, 2.45) is 0 Å². The van der Waals surface area contributed by atoms with Gasteiger partial charge in [0.1, 0.15) is 5.75 Å². The van der Waals surface area contributed by atoms with E-state index in [4.69, 9.17) is 19.2 Å². The average molecular weight is 432 g/mol. The first-order valence-corrected chi connectivity index (χ1v) is 7.88. The molecular formula is C20H30ClNO7. The molecule has 3 aromatic rings. The van der Waals surface area contributed by atoms with Crippen LogP contribution in [0.5, 0.6) is 17.2 Å². The molecule has 0 aliphatic heterocycles. The van der Waals surface area contributed by atoms with Gasteiger partial charge >= 0.3 is 0 Å². The molecule has 0 saturated carbocycles. The van der Waals surface area contributed by atoms with E-state index in [-0.39, 0.29) is 34.3 Å². The molecule has 0 unspecified atom stereocenters. The standard InChI is InChI=1S/C20H21NO3.ClH.4H2O/c1-22-18-11-9-14(12-20(18)24-3)8-10-15-13-19(23-2)16-6-4-5-7-17(16)21-15;;;;;/h4-7,9,11-13H,8,10H2,1-3H3;1H;4*1H2. The Hall–Kier alpha value is -2.62. The van der Waals surface area contributed by atoms with E-state index in [1.54, 1.807) is 21.3 Å². The lowest BCUT2D eigenvalue weighted by Crippen LogP contribution is -1.98. The highest BCUT2D eigenvalue weighted by atomic mass is 35.5. The van der Waals surface area contributed by atoms with Crippen LogP contribution in [0.25, 0.3) is 10.9 Å². The van der Waals surface area contributed by atoms with E-state index in [2.05, 4.69) is 6.07 Å². The molecule has 0 amide bonds. The number of ether oxygens (including phenoxy) is 3. The fraction of sp³-hybridized carbons (Fsp3) is 0.250. The van der Waals surface area contributed by atoms with Crippen molar-refractivity contribution >= 4 is 23.3 Å². The van der Waals surface area contributed by atoms with Crippen LogP contribution in [0.1, 0.15) is 11.3 Å². The molecule has 0 fully saturated rings. The molecule has 2 aromatic carbocycles. The first-order chi connectivity index (χ1) is 11.7. The smallest absolute Gasteiger partial charge is 0.160 e. The van der Waals surface area contributed by atoms with Gasteiger partial charge in [-0.3, -0.25) is 4.98 Å². The SMILES string of the molecule is COc1ccc(CCc2cc(OC)c3ccccc3n2)cc1OC.Cl.O.O.O.O. The second-order valence-corrected chi connectivity index (χ2v) is 5.52. The van der Waals surface area contributed by atoms with Crippen LogP contribution >= 0.6 is 12.4 Å². The van der Waals surface area contributed by atoms with E-state index < -0.39 is 0 Å². The van der Waals surface area contributed by atoms with Crippen molar-refractivity contribution in [2.45, 2.75) is 12.8 Å². The van der Waals surface area contributed by atoms with Gasteiger partial charge in [0.25, 0.3) is 0 Å². The third kappa shape index (κ3) is 7.04. The van der Waals surface area contributed by atoms with Crippen LogP contribution in [0.2, 0.25) is 0 Å². The van der Waals surface area contributed by atoms with Crippen LogP contribution in [0.15, 0.2) is 48.5 Å². The number of halogens is 1. The van der Waals surface area contributed by atoms with Gasteiger partial charge < -0.3 is 36.1 Å². The zero-order chi connectivity index (χ0) is 16.9. The number of nitrogens with zero attached hydrogens (tertiary/aromatic N) is 1. The number of fused-ring (bicyclic) bond motifs is 1. The molecule has 1 aromatic heterocycles. The van der Waals surface area contributed by atoms with Gasteiger partial charge in [0.2, 0.25) is 0 Å². The normalized spacial score (nSPS) is 8.79. The predicted octanol–water partition coefficient (Wildman–Crippen LogP) is 1.17. The number of aryl methyl sites for hydroxylation is 2. The van der Waals surface area contributed by atoms with E-state index in [1.165, 1.54) is 5.56 Å². The Bertz CT molecular complexity index is 861. The minimum atomic E-state index is 0. The van der Waals surface area contributed by atoms with E-state index in [1.807, 2.05) is 42.5 Å². The Labute approximate surface area is 176 Å². The molecule has 0 saturated heterocycles. The molecule has 1 heterocycles. The van der Waals surface area contributed by atoms with E-state index in [9.17, 15) is 0 Å². The van der Waals surface area contributed by atoms with Crippen LogP contribution in [0.3, 0.4) is 0 Å². The van der Waals surface area contributed by atoms with Gasteiger partial charge in [-0.2, -0.15) is 0 Å². The summed E-state index contributed by atoms with van der Waals surface area (Å²) in [7, 11) is 4.99. The number of rotatable bonds is 6. The summed E-state index contributed by atoms with van der Waals surface area (Å²) in [6.07, 6.45) is 1.70. The molecule has 0 atom stereocenters. The molecule has 29 heavy (non-hydrogen) atoms. The lowest BCUT2D eigenvalue weighted by molar-refractivity contribution is 0.354. The lowest BCUT2D eigenvalue weighted by atomic mass is 10.1. The van der Waals surface area contributed by atoms with Crippen molar-refractivity contribution in [3.63, 3.8) is 0 Å². The van der Waals surface area contributed by atoms with Crippen LogP contribution in [0.4, 0.5) is 0 Å². The van der Waals surface area contributed by atoms with Gasteiger partial charge in [-0.15, -0.1) is 12.4 Å². The Kier molecular flexibility index (Phi) is 15.4. The molecule has 9 heteroatoms. The average Bonchev–Trinajstić information content (AvgIpc) is 2.65. The van der Waals surface area contributed by atoms with Crippen LogP contribution in [-0.2, 0) is 12.8 Å². The molecule has 0 aliphatic rings. The fourth-order valence-electron chi connectivity index (χ4n) is 2.80. The molecular weight excluding hydrogens is 402 g/mol. The molecule has 0 aliphatic carbocycles. The Morgan fingerprint density at radius 1 is 0.690 bits per heavy atom. The summed E-state index contributed by atoms with van der Waals surface area (Å²) < 4.78 is 16.2. The molecule has 164 valence electrons. The van der Waals surface area contributed by atoms with Gasteiger partial charge in [0.05, 0.1) is 26.8 Å². The van der Waals surface area contributed by atoms with Gasteiger partial charge in [-0.05, 0) is 42.7 Å². The number of methoxy groups -OCH3 is 3. The lowest BCUT2D eigenvalue weighted by Gasteiger charge is -2.11. The topological polar surface area (TPSA) is 167 Å².